The molecule has 0 fully saturated rings. The Hall–Kier alpha value is -6.45. The highest BCUT2D eigenvalue weighted by molar-refractivity contribution is 5.80. The fourth-order valence-electron chi connectivity index (χ4n) is 7.03. The standard InChI is InChI=1S/C57H57N3/c1-55(2,3)49-28-31-58-52(37-49)46-22-16-40(17-23-46)10-13-43-34-44(14-11-41-18-24-47(25-19-41)53-38-50(29-32-59-53)56(4,5)6)36-45(35-43)15-12-42-20-26-48(27-21-42)54-39-51(30-33-60-54)57(7,8)9/h10-39H,1-9H3/b13-10+,14-11+,15-12+. The summed E-state index contributed by atoms with van der Waals surface area (Å²) < 4.78 is 0. The van der Waals surface area contributed by atoms with Gasteiger partial charge < -0.3 is 0 Å². The maximum absolute atomic E-state index is 4.67. The van der Waals surface area contributed by atoms with Crippen LogP contribution < -0.4 is 0 Å². The van der Waals surface area contributed by atoms with Crippen molar-refractivity contribution < 1.29 is 0 Å². The molecule has 0 atom stereocenters. The van der Waals surface area contributed by atoms with Crippen molar-refractivity contribution in [1.29, 1.82) is 0 Å². The molecule has 0 saturated heterocycles. The van der Waals surface area contributed by atoms with E-state index in [0.29, 0.717) is 0 Å². The van der Waals surface area contributed by atoms with E-state index in [4.69, 9.17) is 0 Å². The van der Waals surface area contributed by atoms with Crippen LogP contribution in [0.4, 0.5) is 0 Å². The molecule has 0 aliphatic carbocycles. The highest BCUT2D eigenvalue weighted by Gasteiger charge is 2.17. The van der Waals surface area contributed by atoms with Crippen molar-refractivity contribution in [1.82, 2.24) is 15.0 Å². The molecule has 0 bridgehead atoms. The molecule has 7 rings (SSSR count). The van der Waals surface area contributed by atoms with Crippen molar-refractivity contribution in [2.24, 2.45) is 0 Å². The molecule has 0 saturated carbocycles. The lowest BCUT2D eigenvalue weighted by molar-refractivity contribution is 0.589. The van der Waals surface area contributed by atoms with Crippen molar-refractivity contribution in [2.45, 2.75) is 78.6 Å². The molecule has 300 valence electrons. The Morgan fingerprint density at radius 2 is 0.517 bits per heavy atom. The van der Waals surface area contributed by atoms with E-state index in [0.717, 1.165) is 67.2 Å². The molecular formula is C57H57N3. The topological polar surface area (TPSA) is 38.7 Å². The summed E-state index contributed by atoms with van der Waals surface area (Å²) in [6.07, 6.45) is 18.9. The van der Waals surface area contributed by atoms with E-state index in [2.05, 4.69) is 241 Å². The van der Waals surface area contributed by atoms with Gasteiger partial charge in [-0.2, -0.15) is 0 Å². The largest absolute Gasteiger partial charge is 0.256 e. The maximum Gasteiger partial charge on any atom is 0.0704 e. The lowest BCUT2D eigenvalue weighted by atomic mass is 9.87. The molecule has 0 N–H and O–H groups in total. The van der Waals surface area contributed by atoms with Crippen LogP contribution >= 0.6 is 0 Å². The van der Waals surface area contributed by atoms with Crippen LogP contribution in [-0.4, -0.2) is 15.0 Å². The van der Waals surface area contributed by atoms with Gasteiger partial charge in [-0.25, -0.2) is 0 Å². The average molecular weight is 784 g/mol. The van der Waals surface area contributed by atoms with E-state index in [-0.39, 0.29) is 16.2 Å². The number of pyridine rings is 3. The van der Waals surface area contributed by atoms with Gasteiger partial charge in [0.1, 0.15) is 0 Å². The molecule has 60 heavy (non-hydrogen) atoms. The van der Waals surface area contributed by atoms with Crippen molar-refractivity contribution in [3.63, 3.8) is 0 Å². The zero-order chi connectivity index (χ0) is 42.5. The van der Waals surface area contributed by atoms with E-state index < -0.39 is 0 Å². The number of benzene rings is 4. The summed E-state index contributed by atoms with van der Waals surface area (Å²) >= 11 is 0. The second kappa shape index (κ2) is 17.4. The van der Waals surface area contributed by atoms with Crippen LogP contribution in [0.2, 0.25) is 0 Å². The summed E-state index contributed by atoms with van der Waals surface area (Å²) in [7, 11) is 0. The van der Waals surface area contributed by atoms with Crippen LogP contribution in [0.15, 0.2) is 146 Å². The minimum Gasteiger partial charge on any atom is -0.256 e. The average Bonchev–Trinajstić information content (AvgIpc) is 3.24. The zero-order valence-electron chi connectivity index (χ0n) is 36.7. The molecule has 3 nitrogen and oxygen atoms in total. The Kier molecular flexibility index (Phi) is 12.1. The number of hydrogen-bond acceptors (Lipinski definition) is 3. The second-order valence-electron chi connectivity index (χ2n) is 18.8. The smallest absolute Gasteiger partial charge is 0.0704 e. The SMILES string of the molecule is CC(C)(C)c1ccnc(-c2ccc(/C=C/c3cc(/C=C/c4ccc(-c5cc(C(C)(C)C)ccn5)cc4)cc(/C=C/c4ccc(-c5cc(C(C)(C)C)ccn5)cc4)c3)cc2)c1. The van der Waals surface area contributed by atoms with Gasteiger partial charge in [0.05, 0.1) is 17.1 Å². The molecule has 3 heterocycles. The Balaban J connectivity index is 1.14. The van der Waals surface area contributed by atoms with Crippen LogP contribution in [0.1, 0.15) is 112 Å². The maximum atomic E-state index is 4.67. The highest BCUT2D eigenvalue weighted by atomic mass is 14.7. The highest BCUT2D eigenvalue weighted by Crippen LogP contribution is 2.30. The first-order valence-corrected chi connectivity index (χ1v) is 21.0. The van der Waals surface area contributed by atoms with Crippen molar-refractivity contribution in [3.8, 4) is 33.8 Å². The molecule has 4 aromatic carbocycles. The molecule has 0 amide bonds. The van der Waals surface area contributed by atoms with Crippen LogP contribution in [0.25, 0.3) is 70.2 Å². The minimum absolute atomic E-state index is 0.0705. The van der Waals surface area contributed by atoms with E-state index in [1.54, 1.807) is 0 Å². The Morgan fingerprint density at radius 3 is 0.750 bits per heavy atom. The molecule has 0 aliphatic rings. The Labute approximate surface area is 358 Å². The Morgan fingerprint density at radius 1 is 0.283 bits per heavy atom. The van der Waals surface area contributed by atoms with E-state index in [1.165, 1.54) is 16.7 Å². The van der Waals surface area contributed by atoms with Crippen LogP contribution in [0, 0.1) is 0 Å². The molecule has 0 unspecified atom stereocenters. The van der Waals surface area contributed by atoms with Gasteiger partial charge in [0, 0.05) is 35.3 Å². The second-order valence-corrected chi connectivity index (χ2v) is 18.8. The first kappa shape index (κ1) is 41.7. The number of aromatic nitrogens is 3. The van der Waals surface area contributed by atoms with Crippen molar-refractivity contribution >= 4 is 36.5 Å². The number of nitrogens with zero attached hydrogens (tertiary/aromatic N) is 3. The number of rotatable bonds is 9. The summed E-state index contributed by atoms with van der Waals surface area (Å²) in [4.78, 5) is 14.0. The van der Waals surface area contributed by atoms with Gasteiger partial charge >= 0.3 is 0 Å². The van der Waals surface area contributed by atoms with Gasteiger partial charge in [0.2, 0.25) is 0 Å². The summed E-state index contributed by atoms with van der Waals surface area (Å²) in [5.74, 6) is 0. The first-order valence-electron chi connectivity index (χ1n) is 21.0. The summed E-state index contributed by atoms with van der Waals surface area (Å²) in [5, 5.41) is 0. The zero-order valence-corrected chi connectivity index (χ0v) is 36.7. The van der Waals surface area contributed by atoms with Crippen LogP contribution in [0.3, 0.4) is 0 Å². The molecule has 0 radical (unpaired) electrons. The van der Waals surface area contributed by atoms with Gasteiger partial charge in [-0.05, 0) is 121 Å². The van der Waals surface area contributed by atoms with Gasteiger partial charge in [0.25, 0.3) is 0 Å². The van der Waals surface area contributed by atoms with Gasteiger partial charge in [-0.3, -0.25) is 15.0 Å². The third-order valence-corrected chi connectivity index (χ3v) is 10.9. The van der Waals surface area contributed by atoms with E-state index >= 15 is 0 Å². The fraction of sp³-hybridized carbons (Fsp3) is 0.211. The first-order chi connectivity index (χ1) is 28.6. The lowest BCUT2D eigenvalue weighted by Crippen LogP contribution is -2.11. The molecule has 3 aromatic heterocycles. The van der Waals surface area contributed by atoms with Gasteiger partial charge in [-0.15, -0.1) is 0 Å². The lowest BCUT2D eigenvalue weighted by Gasteiger charge is -2.19. The van der Waals surface area contributed by atoms with Crippen molar-refractivity contribution in [2.75, 3.05) is 0 Å². The molecular weight excluding hydrogens is 727 g/mol. The third kappa shape index (κ3) is 10.8. The van der Waals surface area contributed by atoms with Crippen molar-refractivity contribution in [3.05, 3.63) is 196 Å². The summed E-state index contributed by atoms with van der Waals surface area (Å²) in [6, 6.07) is 45.6. The summed E-state index contributed by atoms with van der Waals surface area (Å²) in [6.45, 7) is 20.1. The normalized spacial score (nSPS) is 12.6. The van der Waals surface area contributed by atoms with Gasteiger partial charge in [0.15, 0.2) is 0 Å². The van der Waals surface area contributed by atoms with E-state index in [1.807, 2.05) is 18.6 Å². The molecule has 7 aromatic rings. The third-order valence-electron chi connectivity index (χ3n) is 10.9. The van der Waals surface area contributed by atoms with Crippen LogP contribution in [-0.2, 0) is 16.2 Å². The molecule has 0 spiro atoms. The molecule has 0 aliphatic heterocycles. The van der Waals surface area contributed by atoms with Gasteiger partial charge in [-0.1, -0.05) is 172 Å². The monoisotopic (exact) mass is 783 g/mol. The number of hydrogen-bond donors (Lipinski definition) is 0. The molecule has 3 heteroatoms. The minimum atomic E-state index is 0.0705. The van der Waals surface area contributed by atoms with E-state index in [9.17, 15) is 0 Å². The Bertz CT molecular complexity index is 2350. The fourth-order valence-corrected chi connectivity index (χ4v) is 7.03. The predicted octanol–water partition coefficient (Wildman–Crippen LogP) is 15.3. The van der Waals surface area contributed by atoms with Crippen LogP contribution in [0.5, 0.6) is 0 Å². The summed E-state index contributed by atoms with van der Waals surface area (Å²) in [5.41, 5.74) is 17.2. The quantitative estimate of drug-likeness (QED) is 0.137. The predicted molar refractivity (Wildman–Crippen MR) is 258 cm³/mol.